The molecule has 1 rings (SSSR count). The molecule has 1 heterocycles. The highest BCUT2D eigenvalue weighted by Gasteiger charge is 2.24. The predicted molar refractivity (Wildman–Crippen MR) is 66.5 cm³/mol. The Morgan fingerprint density at radius 2 is 1.84 bits per heavy atom. The van der Waals surface area contributed by atoms with Crippen molar-refractivity contribution in [3.05, 3.63) is 35.1 Å². The summed E-state index contributed by atoms with van der Waals surface area (Å²) in [5, 5.41) is 8.98. The molecule has 0 radical (unpaired) electrons. The molecule has 0 bridgehead atoms. The van der Waals surface area contributed by atoms with Gasteiger partial charge in [-0.25, -0.2) is 9.59 Å². The maximum absolute atomic E-state index is 11.7. The highest BCUT2D eigenvalue weighted by molar-refractivity contribution is 6.07. The molecule has 0 saturated carbocycles. The SMILES string of the molecule is COC(=O)C1=C/C(C#N)=C\CN(C)/C=C\1C(=O)OC. The third-order valence-corrected chi connectivity index (χ3v) is 2.48. The zero-order valence-electron chi connectivity index (χ0n) is 11.0. The van der Waals surface area contributed by atoms with Crippen LogP contribution in [0.5, 0.6) is 0 Å². The van der Waals surface area contributed by atoms with Gasteiger partial charge in [0.2, 0.25) is 0 Å². The number of likely N-dealkylation sites (N-methyl/N-ethyl adjacent to an activating group) is 1. The first-order valence-corrected chi connectivity index (χ1v) is 5.44. The molecule has 1 aliphatic heterocycles. The van der Waals surface area contributed by atoms with Crippen molar-refractivity contribution < 1.29 is 19.1 Å². The first-order valence-electron chi connectivity index (χ1n) is 5.44. The highest BCUT2D eigenvalue weighted by Crippen LogP contribution is 2.19. The average Bonchev–Trinajstić information content (AvgIpc) is 2.41. The molecule has 6 heteroatoms. The molecule has 0 N–H and O–H groups in total. The molecule has 0 fully saturated rings. The largest absolute Gasteiger partial charge is 0.465 e. The Kier molecular flexibility index (Phi) is 4.89. The fourth-order valence-corrected chi connectivity index (χ4v) is 1.51. The maximum atomic E-state index is 11.7. The number of hydrogen-bond acceptors (Lipinski definition) is 6. The van der Waals surface area contributed by atoms with E-state index in [1.54, 1.807) is 18.0 Å². The molecule has 1 aliphatic rings. The van der Waals surface area contributed by atoms with Crippen LogP contribution in [0.25, 0.3) is 0 Å². The molecule has 6 nitrogen and oxygen atoms in total. The molecular weight excluding hydrogens is 248 g/mol. The van der Waals surface area contributed by atoms with E-state index >= 15 is 0 Å². The van der Waals surface area contributed by atoms with Crippen molar-refractivity contribution in [1.29, 1.82) is 5.26 Å². The van der Waals surface area contributed by atoms with E-state index in [1.165, 1.54) is 26.5 Å². The number of rotatable bonds is 2. The number of carbonyl (C=O) groups is 2. The fourth-order valence-electron chi connectivity index (χ4n) is 1.51. The molecule has 100 valence electrons. The maximum Gasteiger partial charge on any atom is 0.340 e. The summed E-state index contributed by atoms with van der Waals surface area (Å²) < 4.78 is 9.27. The predicted octanol–water partition coefficient (Wildman–Crippen LogP) is 0.538. The Morgan fingerprint density at radius 1 is 1.26 bits per heavy atom. The van der Waals surface area contributed by atoms with Crippen LogP contribution in [0.2, 0.25) is 0 Å². The quantitative estimate of drug-likeness (QED) is 0.676. The van der Waals surface area contributed by atoms with Crippen LogP contribution in [-0.2, 0) is 19.1 Å². The third kappa shape index (κ3) is 3.45. The molecule has 0 saturated heterocycles. The summed E-state index contributed by atoms with van der Waals surface area (Å²) >= 11 is 0. The molecule has 0 aliphatic carbocycles. The van der Waals surface area contributed by atoms with E-state index < -0.39 is 11.9 Å². The molecule has 0 atom stereocenters. The minimum atomic E-state index is -0.701. The first kappa shape index (κ1) is 14.5. The van der Waals surface area contributed by atoms with Gasteiger partial charge < -0.3 is 14.4 Å². The number of allylic oxidation sites excluding steroid dienone is 2. The average molecular weight is 262 g/mol. The van der Waals surface area contributed by atoms with Crippen LogP contribution in [-0.4, -0.2) is 44.7 Å². The smallest absolute Gasteiger partial charge is 0.340 e. The van der Waals surface area contributed by atoms with Crippen molar-refractivity contribution in [1.82, 2.24) is 4.90 Å². The lowest BCUT2D eigenvalue weighted by atomic mass is 10.0. The van der Waals surface area contributed by atoms with Gasteiger partial charge in [-0.2, -0.15) is 5.26 Å². The number of carbonyl (C=O) groups excluding carboxylic acids is 2. The topological polar surface area (TPSA) is 79.6 Å². The summed E-state index contributed by atoms with van der Waals surface area (Å²) in [4.78, 5) is 25.1. The van der Waals surface area contributed by atoms with Crippen LogP contribution < -0.4 is 0 Å². The zero-order chi connectivity index (χ0) is 14.4. The summed E-state index contributed by atoms with van der Waals surface area (Å²) in [6, 6.07) is 1.95. The molecule has 0 aromatic heterocycles. The van der Waals surface area contributed by atoms with E-state index in [4.69, 9.17) is 5.26 Å². The minimum Gasteiger partial charge on any atom is -0.465 e. The number of hydrogen-bond donors (Lipinski definition) is 0. The van der Waals surface area contributed by atoms with Crippen molar-refractivity contribution >= 4 is 11.9 Å². The van der Waals surface area contributed by atoms with Crippen molar-refractivity contribution in [2.75, 3.05) is 27.8 Å². The number of ether oxygens (including phenoxy) is 2. The van der Waals surface area contributed by atoms with Crippen LogP contribution in [0, 0.1) is 11.3 Å². The van der Waals surface area contributed by atoms with Gasteiger partial charge in [-0.15, -0.1) is 0 Å². The molecule has 0 unspecified atom stereocenters. The van der Waals surface area contributed by atoms with E-state index in [-0.39, 0.29) is 16.7 Å². The van der Waals surface area contributed by atoms with Gasteiger partial charge >= 0.3 is 11.9 Å². The molecule has 0 spiro atoms. The Morgan fingerprint density at radius 3 is 2.37 bits per heavy atom. The van der Waals surface area contributed by atoms with Crippen molar-refractivity contribution in [3.63, 3.8) is 0 Å². The van der Waals surface area contributed by atoms with Gasteiger partial charge in [-0.05, 0) is 12.2 Å². The van der Waals surface area contributed by atoms with Crippen molar-refractivity contribution in [2.45, 2.75) is 0 Å². The van der Waals surface area contributed by atoms with Crippen molar-refractivity contribution in [3.8, 4) is 6.07 Å². The molecule has 0 aromatic rings. The third-order valence-electron chi connectivity index (χ3n) is 2.48. The summed E-state index contributed by atoms with van der Waals surface area (Å²) in [5.41, 5.74) is 0.327. The van der Waals surface area contributed by atoms with Gasteiger partial charge in [0, 0.05) is 19.8 Å². The van der Waals surface area contributed by atoms with Gasteiger partial charge in [-0.1, -0.05) is 0 Å². The lowest BCUT2D eigenvalue weighted by Gasteiger charge is -2.17. The van der Waals surface area contributed by atoms with Gasteiger partial charge in [0.15, 0.2) is 0 Å². The standard InChI is InChI=1S/C13H14N2O4/c1-15-5-4-9(7-14)6-10(12(16)18-2)11(8-15)13(17)19-3/h4,6,8H,5H2,1-3H3/b9-4+,10-6+,11-8+. The Labute approximate surface area is 111 Å². The van der Waals surface area contributed by atoms with E-state index in [0.29, 0.717) is 6.54 Å². The summed E-state index contributed by atoms with van der Waals surface area (Å²) in [7, 11) is 4.14. The van der Waals surface area contributed by atoms with Gasteiger partial charge in [0.05, 0.1) is 37.0 Å². The molecule has 19 heavy (non-hydrogen) atoms. The Bertz CT molecular complexity index is 523. The van der Waals surface area contributed by atoms with Crippen LogP contribution in [0.4, 0.5) is 0 Å². The number of esters is 2. The Balaban J connectivity index is 3.40. The van der Waals surface area contributed by atoms with E-state index in [9.17, 15) is 9.59 Å². The first-order chi connectivity index (χ1) is 9.03. The molecule has 0 amide bonds. The van der Waals surface area contributed by atoms with Gasteiger partial charge in [0.25, 0.3) is 0 Å². The number of nitriles is 1. The molecular formula is C13H14N2O4. The zero-order valence-corrected chi connectivity index (χ0v) is 11.0. The second kappa shape index (κ2) is 6.40. The normalized spacial score (nSPS) is 23.3. The van der Waals surface area contributed by atoms with Gasteiger partial charge in [-0.3, -0.25) is 0 Å². The highest BCUT2D eigenvalue weighted by atomic mass is 16.5. The second-order valence-electron chi connectivity index (χ2n) is 3.79. The summed E-state index contributed by atoms with van der Waals surface area (Å²) in [5.74, 6) is -1.37. The summed E-state index contributed by atoms with van der Waals surface area (Å²) in [6.45, 7) is 0.439. The lowest BCUT2D eigenvalue weighted by molar-refractivity contribution is -0.139. The van der Waals surface area contributed by atoms with Gasteiger partial charge in [0.1, 0.15) is 0 Å². The lowest BCUT2D eigenvalue weighted by Crippen LogP contribution is -2.21. The van der Waals surface area contributed by atoms with Crippen LogP contribution >= 0.6 is 0 Å². The van der Waals surface area contributed by atoms with Crippen molar-refractivity contribution in [2.24, 2.45) is 0 Å². The minimum absolute atomic E-state index is 0.00583. The van der Waals surface area contributed by atoms with Crippen LogP contribution in [0.3, 0.4) is 0 Å². The monoisotopic (exact) mass is 262 g/mol. The van der Waals surface area contributed by atoms with E-state index in [1.807, 2.05) is 6.07 Å². The summed E-state index contributed by atoms with van der Waals surface area (Å²) in [6.07, 6.45) is 4.45. The van der Waals surface area contributed by atoms with E-state index in [2.05, 4.69) is 9.47 Å². The number of methoxy groups -OCH3 is 2. The number of nitrogens with zero attached hydrogens (tertiary/aromatic N) is 2. The van der Waals surface area contributed by atoms with E-state index in [0.717, 1.165) is 0 Å². The van der Waals surface area contributed by atoms with Crippen LogP contribution in [0.1, 0.15) is 0 Å². The second-order valence-corrected chi connectivity index (χ2v) is 3.79. The van der Waals surface area contributed by atoms with Crippen LogP contribution in [0.15, 0.2) is 35.1 Å². The molecule has 0 aromatic carbocycles. The Hall–Kier alpha value is -2.55. The fraction of sp³-hybridized carbons (Fsp3) is 0.308.